The number of rotatable bonds is 10. The van der Waals surface area contributed by atoms with Crippen molar-refractivity contribution in [3.63, 3.8) is 0 Å². The largest absolute Gasteiger partial charge is 0.497 e. The second-order valence-electron chi connectivity index (χ2n) is 10.9. The van der Waals surface area contributed by atoms with E-state index in [9.17, 15) is 4.79 Å². The van der Waals surface area contributed by atoms with E-state index < -0.39 is 23.8 Å². The zero-order valence-electron chi connectivity index (χ0n) is 24.1. The van der Waals surface area contributed by atoms with E-state index in [1.165, 1.54) is 16.7 Å². The van der Waals surface area contributed by atoms with Gasteiger partial charge in [0.15, 0.2) is 6.10 Å². The van der Waals surface area contributed by atoms with Gasteiger partial charge in [0.25, 0.3) is 0 Å². The van der Waals surface area contributed by atoms with Gasteiger partial charge in [-0.15, -0.1) is 0 Å². The van der Waals surface area contributed by atoms with Crippen LogP contribution in [-0.2, 0) is 22.4 Å². The van der Waals surface area contributed by atoms with Gasteiger partial charge in [0.1, 0.15) is 23.2 Å². The summed E-state index contributed by atoms with van der Waals surface area (Å²) in [6, 6.07) is 31.6. The highest BCUT2D eigenvalue weighted by atomic mass is 16.6. The molecule has 5 rings (SSSR count). The predicted molar refractivity (Wildman–Crippen MR) is 161 cm³/mol. The number of hydrogen-bond donors (Lipinski definition) is 1. The van der Waals surface area contributed by atoms with Crippen LogP contribution in [-0.4, -0.2) is 31.4 Å². The number of fused-ring (bicyclic) bond motifs is 1. The van der Waals surface area contributed by atoms with Crippen molar-refractivity contribution in [3.05, 3.63) is 125 Å². The number of hydrogen-bond acceptors (Lipinski definition) is 6. The molecule has 0 saturated heterocycles. The number of anilines is 1. The minimum absolute atomic E-state index is 0.434. The van der Waals surface area contributed by atoms with E-state index in [0.29, 0.717) is 24.5 Å². The lowest BCUT2D eigenvalue weighted by Crippen LogP contribution is -2.51. The third-order valence-electron chi connectivity index (χ3n) is 7.36. The van der Waals surface area contributed by atoms with Crippen LogP contribution in [0.25, 0.3) is 0 Å². The van der Waals surface area contributed by atoms with Gasteiger partial charge in [-0.2, -0.15) is 0 Å². The summed E-state index contributed by atoms with van der Waals surface area (Å²) in [6.07, 6.45) is -0.480. The molecule has 0 radical (unpaired) electrons. The number of carbonyl (C=O) groups excluding carboxylic acids is 1. The first kappa shape index (κ1) is 28.2. The average Bonchev–Trinajstić information content (AvgIpc) is 2.98. The molecule has 1 heterocycles. The number of methoxy groups -OCH3 is 1. The highest BCUT2D eigenvalue weighted by Crippen LogP contribution is 2.44. The molecule has 6 heteroatoms. The molecule has 0 amide bonds. The lowest BCUT2D eigenvalue weighted by molar-refractivity contribution is -0.139. The SMILES string of the molecule is COc1ccc(C(=O)OC2C(OCCc3ccccc3)c3cc(NCc4ccc(C)cc4)ccc3OC2(C)C)cc1. The van der Waals surface area contributed by atoms with Gasteiger partial charge in [0, 0.05) is 17.8 Å². The van der Waals surface area contributed by atoms with Gasteiger partial charge in [-0.25, -0.2) is 4.79 Å². The van der Waals surface area contributed by atoms with E-state index in [-0.39, 0.29) is 0 Å². The fourth-order valence-electron chi connectivity index (χ4n) is 4.99. The van der Waals surface area contributed by atoms with Gasteiger partial charge in [0.05, 0.1) is 19.3 Å². The van der Waals surface area contributed by atoms with Crippen LogP contribution in [0.2, 0.25) is 0 Å². The molecular formula is C35H37NO5. The van der Waals surface area contributed by atoms with Crippen molar-refractivity contribution in [2.75, 3.05) is 19.0 Å². The maximum atomic E-state index is 13.3. The van der Waals surface area contributed by atoms with Crippen molar-refractivity contribution in [1.82, 2.24) is 0 Å². The van der Waals surface area contributed by atoms with Crippen molar-refractivity contribution in [1.29, 1.82) is 0 Å². The smallest absolute Gasteiger partial charge is 0.338 e. The molecule has 4 aromatic rings. The average molecular weight is 552 g/mol. The first-order valence-corrected chi connectivity index (χ1v) is 14.0. The van der Waals surface area contributed by atoms with Gasteiger partial charge in [-0.05, 0) is 80.8 Å². The minimum atomic E-state index is -0.830. The Hall–Kier alpha value is -4.29. The van der Waals surface area contributed by atoms with Crippen molar-refractivity contribution in [3.8, 4) is 11.5 Å². The molecule has 1 aliphatic heterocycles. The fourth-order valence-corrected chi connectivity index (χ4v) is 4.99. The maximum Gasteiger partial charge on any atom is 0.338 e. The highest BCUT2D eigenvalue weighted by molar-refractivity contribution is 5.89. The van der Waals surface area contributed by atoms with Crippen LogP contribution < -0.4 is 14.8 Å². The molecule has 6 nitrogen and oxygen atoms in total. The van der Waals surface area contributed by atoms with E-state index in [0.717, 1.165) is 23.4 Å². The second kappa shape index (κ2) is 12.5. The lowest BCUT2D eigenvalue weighted by Gasteiger charge is -2.43. The Bertz CT molecular complexity index is 1450. The molecule has 0 aliphatic carbocycles. The third-order valence-corrected chi connectivity index (χ3v) is 7.36. The molecule has 212 valence electrons. The van der Waals surface area contributed by atoms with Crippen LogP contribution in [0.3, 0.4) is 0 Å². The summed E-state index contributed by atoms with van der Waals surface area (Å²) in [5.74, 6) is 0.949. The van der Waals surface area contributed by atoms with Gasteiger partial charge in [-0.3, -0.25) is 0 Å². The topological polar surface area (TPSA) is 66.0 Å². The van der Waals surface area contributed by atoms with E-state index >= 15 is 0 Å². The van der Waals surface area contributed by atoms with E-state index in [4.69, 9.17) is 18.9 Å². The van der Waals surface area contributed by atoms with Crippen LogP contribution in [0.4, 0.5) is 5.69 Å². The summed E-state index contributed by atoms with van der Waals surface area (Å²) in [6.45, 7) is 7.08. The Morgan fingerprint density at radius 2 is 1.63 bits per heavy atom. The molecule has 2 atom stereocenters. The number of nitrogens with one attached hydrogen (secondary N) is 1. The molecule has 0 bridgehead atoms. The van der Waals surface area contributed by atoms with Gasteiger partial charge in [0.2, 0.25) is 0 Å². The Morgan fingerprint density at radius 1 is 0.902 bits per heavy atom. The monoisotopic (exact) mass is 551 g/mol. The van der Waals surface area contributed by atoms with Crippen LogP contribution in [0.5, 0.6) is 11.5 Å². The Balaban J connectivity index is 1.41. The molecule has 2 unspecified atom stereocenters. The van der Waals surface area contributed by atoms with Crippen LogP contribution in [0.1, 0.15) is 52.6 Å². The second-order valence-corrected chi connectivity index (χ2v) is 10.9. The molecule has 1 N–H and O–H groups in total. The van der Waals surface area contributed by atoms with E-state index in [2.05, 4.69) is 48.6 Å². The van der Waals surface area contributed by atoms with Crippen LogP contribution >= 0.6 is 0 Å². The number of benzene rings is 4. The van der Waals surface area contributed by atoms with Crippen molar-refractivity contribution in [2.24, 2.45) is 0 Å². The zero-order chi connectivity index (χ0) is 28.8. The Labute approximate surface area is 242 Å². The van der Waals surface area contributed by atoms with E-state index in [1.54, 1.807) is 31.4 Å². The summed E-state index contributed by atoms with van der Waals surface area (Å²) in [5, 5.41) is 3.52. The summed E-state index contributed by atoms with van der Waals surface area (Å²) in [7, 11) is 1.59. The Morgan fingerprint density at radius 3 is 2.34 bits per heavy atom. The molecule has 0 saturated carbocycles. The van der Waals surface area contributed by atoms with Crippen LogP contribution in [0.15, 0.2) is 97.1 Å². The first-order chi connectivity index (χ1) is 19.8. The summed E-state index contributed by atoms with van der Waals surface area (Å²) >= 11 is 0. The van der Waals surface area contributed by atoms with E-state index in [1.807, 2.05) is 50.2 Å². The molecule has 0 fully saturated rings. The van der Waals surface area contributed by atoms with Crippen molar-refractivity contribution >= 4 is 11.7 Å². The third kappa shape index (κ3) is 6.90. The predicted octanol–water partition coefficient (Wildman–Crippen LogP) is 7.31. The maximum absolute atomic E-state index is 13.3. The molecule has 0 aromatic heterocycles. The highest BCUT2D eigenvalue weighted by Gasteiger charge is 2.47. The Kier molecular flexibility index (Phi) is 8.60. The van der Waals surface area contributed by atoms with Crippen molar-refractivity contribution < 1.29 is 23.7 Å². The molecule has 0 spiro atoms. The summed E-state index contributed by atoms with van der Waals surface area (Å²) < 4.78 is 24.4. The normalized spacial score (nSPS) is 17.2. The summed E-state index contributed by atoms with van der Waals surface area (Å²) in [4.78, 5) is 13.3. The van der Waals surface area contributed by atoms with Gasteiger partial charge in [-0.1, -0.05) is 60.2 Å². The standard InChI is InChI=1S/C35H37NO5/c1-24-10-12-26(13-11-24)23-36-28-16-19-31-30(22-28)32(39-21-20-25-8-6-5-7-9-25)33(35(2,3)41-31)40-34(37)27-14-17-29(38-4)18-15-27/h5-19,22,32-33,36H,20-21,23H2,1-4H3. The molecule has 1 aliphatic rings. The number of aryl methyl sites for hydroxylation is 1. The molecule has 4 aromatic carbocycles. The quantitative estimate of drug-likeness (QED) is 0.209. The number of esters is 1. The lowest BCUT2D eigenvalue weighted by atomic mass is 9.87. The van der Waals surface area contributed by atoms with Gasteiger partial charge < -0.3 is 24.3 Å². The number of carbonyl (C=O) groups is 1. The molecule has 41 heavy (non-hydrogen) atoms. The fraction of sp³-hybridized carbons (Fsp3) is 0.286. The summed E-state index contributed by atoms with van der Waals surface area (Å²) in [5.41, 5.74) is 4.98. The molecular weight excluding hydrogens is 514 g/mol. The minimum Gasteiger partial charge on any atom is -0.497 e. The van der Waals surface area contributed by atoms with Crippen molar-refractivity contribution in [2.45, 2.75) is 51.5 Å². The van der Waals surface area contributed by atoms with Gasteiger partial charge >= 0.3 is 5.97 Å². The first-order valence-electron chi connectivity index (χ1n) is 14.0. The number of ether oxygens (including phenoxy) is 4. The zero-order valence-corrected chi connectivity index (χ0v) is 24.1. The van der Waals surface area contributed by atoms with Crippen LogP contribution in [0, 0.1) is 6.92 Å².